The Morgan fingerprint density at radius 1 is 1.17 bits per heavy atom. The zero-order valence-corrected chi connectivity index (χ0v) is 12.1. The molecule has 1 unspecified atom stereocenters. The Morgan fingerprint density at radius 3 is 2.50 bits per heavy atom. The molecule has 0 spiro atoms. The Morgan fingerprint density at radius 2 is 1.83 bits per heavy atom. The highest BCUT2D eigenvalue weighted by Crippen LogP contribution is 2.30. The summed E-state index contributed by atoms with van der Waals surface area (Å²) in [6.45, 7) is 2.15. The third-order valence-electron chi connectivity index (χ3n) is 3.01. The molecule has 1 N–H and O–H groups in total. The highest BCUT2D eigenvalue weighted by Gasteiger charge is 2.16. The first-order valence-corrected chi connectivity index (χ1v) is 7.18. The number of unbranched alkanes of at least 4 members (excludes halogenated alkanes) is 4. The van der Waals surface area contributed by atoms with Gasteiger partial charge in [0, 0.05) is 0 Å². The first kappa shape index (κ1) is 15.6. The van der Waals surface area contributed by atoms with Gasteiger partial charge in [-0.15, -0.1) is 0 Å². The van der Waals surface area contributed by atoms with Gasteiger partial charge in [-0.05, 0) is 34.0 Å². The fourth-order valence-corrected chi connectivity index (χ4v) is 2.48. The predicted molar refractivity (Wildman–Crippen MR) is 72.4 cm³/mol. The molecule has 18 heavy (non-hydrogen) atoms. The fraction of sp³-hybridized carbons (Fsp3) is 0.571. The molecule has 1 aromatic carbocycles. The fourth-order valence-electron chi connectivity index (χ4n) is 1.89. The van der Waals surface area contributed by atoms with Crippen molar-refractivity contribution in [3.05, 3.63) is 33.8 Å². The van der Waals surface area contributed by atoms with Gasteiger partial charge in [0.25, 0.3) is 0 Å². The lowest BCUT2D eigenvalue weighted by molar-refractivity contribution is 0.162. The predicted octanol–water partition coefficient (Wildman–Crippen LogP) is 5.12. The van der Waals surface area contributed by atoms with E-state index in [0.29, 0.717) is 12.0 Å². The number of hydrogen-bond donors (Lipinski definition) is 1. The molecule has 0 bridgehead atoms. The van der Waals surface area contributed by atoms with Crippen LogP contribution in [0.5, 0.6) is 0 Å². The van der Waals surface area contributed by atoms with Gasteiger partial charge < -0.3 is 5.11 Å². The quantitative estimate of drug-likeness (QED) is 0.546. The molecule has 0 aromatic heterocycles. The Kier molecular flexibility index (Phi) is 6.79. The second-order valence-corrected chi connectivity index (χ2v) is 5.28. The molecule has 102 valence electrons. The van der Waals surface area contributed by atoms with E-state index < -0.39 is 17.7 Å². The molecule has 0 saturated carbocycles. The van der Waals surface area contributed by atoms with Crippen molar-refractivity contribution >= 4 is 15.9 Å². The van der Waals surface area contributed by atoms with E-state index >= 15 is 0 Å². The molecule has 0 amide bonds. The van der Waals surface area contributed by atoms with Crippen LogP contribution >= 0.6 is 15.9 Å². The molecule has 0 aliphatic heterocycles. The summed E-state index contributed by atoms with van der Waals surface area (Å²) in [5.41, 5.74) is 0.421. The van der Waals surface area contributed by atoms with Crippen LogP contribution in [-0.4, -0.2) is 5.11 Å². The van der Waals surface area contributed by atoms with E-state index in [1.54, 1.807) is 0 Å². The molecule has 1 aromatic rings. The van der Waals surface area contributed by atoms with E-state index in [0.717, 1.165) is 25.3 Å². The van der Waals surface area contributed by atoms with Crippen molar-refractivity contribution in [1.29, 1.82) is 0 Å². The standard InChI is InChI=1S/C14H19BrF2O/c1-2-3-4-5-6-7-12(18)10-8-9-11(16)14(17)13(10)15/h8-9,12,18H,2-7H2,1H3. The third-order valence-corrected chi connectivity index (χ3v) is 3.81. The Hall–Kier alpha value is -0.480. The molecule has 1 rings (SSSR count). The van der Waals surface area contributed by atoms with Crippen molar-refractivity contribution in [2.75, 3.05) is 0 Å². The van der Waals surface area contributed by atoms with Crippen LogP contribution < -0.4 is 0 Å². The van der Waals surface area contributed by atoms with E-state index in [1.807, 2.05) is 0 Å². The molecular formula is C14H19BrF2O. The SMILES string of the molecule is CCCCCCCC(O)c1ccc(F)c(F)c1Br. The Labute approximate surface area is 115 Å². The highest BCUT2D eigenvalue weighted by molar-refractivity contribution is 9.10. The summed E-state index contributed by atoms with van der Waals surface area (Å²) in [5.74, 6) is -1.83. The summed E-state index contributed by atoms with van der Waals surface area (Å²) >= 11 is 2.99. The highest BCUT2D eigenvalue weighted by atomic mass is 79.9. The normalized spacial score (nSPS) is 12.7. The van der Waals surface area contributed by atoms with Crippen molar-refractivity contribution in [3.63, 3.8) is 0 Å². The second kappa shape index (κ2) is 7.85. The Bertz CT molecular complexity index is 382. The van der Waals surface area contributed by atoms with Gasteiger partial charge in [0.05, 0.1) is 10.6 Å². The number of aliphatic hydroxyl groups is 1. The van der Waals surface area contributed by atoms with Gasteiger partial charge in [0.2, 0.25) is 0 Å². The topological polar surface area (TPSA) is 20.2 Å². The van der Waals surface area contributed by atoms with E-state index in [-0.39, 0.29) is 4.47 Å². The van der Waals surface area contributed by atoms with Crippen LogP contribution in [0.4, 0.5) is 8.78 Å². The molecule has 0 heterocycles. The van der Waals surface area contributed by atoms with E-state index in [4.69, 9.17) is 0 Å². The summed E-state index contributed by atoms with van der Waals surface area (Å²) < 4.78 is 26.3. The molecule has 1 atom stereocenters. The second-order valence-electron chi connectivity index (χ2n) is 4.48. The average molecular weight is 321 g/mol. The molecule has 0 aliphatic rings. The average Bonchev–Trinajstić information content (AvgIpc) is 2.35. The van der Waals surface area contributed by atoms with Gasteiger partial charge in [0.1, 0.15) is 0 Å². The molecule has 0 fully saturated rings. The van der Waals surface area contributed by atoms with Crippen molar-refractivity contribution in [3.8, 4) is 0 Å². The molecule has 1 nitrogen and oxygen atoms in total. The van der Waals surface area contributed by atoms with Gasteiger partial charge in [-0.25, -0.2) is 8.78 Å². The van der Waals surface area contributed by atoms with Gasteiger partial charge >= 0.3 is 0 Å². The maximum atomic E-state index is 13.3. The zero-order valence-electron chi connectivity index (χ0n) is 10.6. The van der Waals surface area contributed by atoms with Crippen LogP contribution in [0.2, 0.25) is 0 Å². The number of halogens is 3. The van der Waals surface area contributed by atoms with Gasteiger partial charge in [-0.1, -0.05) is 45.1 Å². The molecule has 0 saturated heterocycles. The van der Waals surface area contributed by atoms with Gasteiger partial charge in [0.15, 0.2) is 11.6 Å². The number of aliphatic hydroxyl groups excluding tert-OH is 1. The lowest BCUT2D eigenvalue weighted by atomic mass is 10.0. The number of rotatable bonds is 7. The largest absolute Gasteiger partial charge is 0.388 e. The van der Waals surface area contributed by atoms with Crippen molar-refractivity contribution < 1.29 is 13.9 Å². The van der Waals surface area contributed by atoms with Crippen molar-refractivity contribution in [1.82, 2.24) is 0 Å². The molecule has 0 radical (unpaired) electrons. The zero-order chi connectivity index (χ0) is 13.5. The first-order chi connectivity index (χ1) is 8.57. The lowest BCUT2D eigenvalue weighted by Gasteiger charge is -2.13. The molecule has 4 heteroatoms. The third kappa shape index (κ3) is 4.32. The minimum atomic E-state index is -0.933. The maximum absolute atomic E-state index is 13.3. The van der Waals surface area contributed by atoms with Gasteiger partial charge in [-0.2, -0.15) is 0 Å². The van der Waals surface area contributed by atoms with Crippen LogP contribution in [0.15, 0.2) is 16.6 Å². The summed E-state index contributed by atoms with van der Waals surface area (Å²) in [7, 11) is 0. The van der Waals surface area contributed by atoms with Crippen LogP contribution in [0, 0.1) is 11.6 Å². The van der Waals surface area contributed by atoms with E-state index in [9.17, 15) is 13.9 Å². The Balaban J connectivity index is 2.51. The van der Waals surface area contributed by atoms with E-state index in [1.165, 1.54) is 18.9 Å². The number of benzene rings is 1. The summed E-state index contributed by atoms with van der Waals surface area (Å²) in [6.07, 6.45) is 5.33. The molecular weight excluding hydrogens is 302 g/mol. The monoisotopic (exact) mass is 320 g/mol. The minimum absolute atomic E-state index is 0.0311. The number of hydrogen-bond acceptors (Lipinski definition) is 1. The first-order valence-electron chi connectivity index (χ1n) is 6.39. The molecule has 0 aliphatic carbocycles. The maximum Gasteiger partial charge on any atom is 0.173 e. The smallest absolute Gasteiger partial charge is 0.173 e. The summed E-state index contributed by atoms with van der Waals surface area (Å²) in [6, 6.07) is 2.48. The van der Waals surface area contributed by atoms with Crippen LogP contribution in [0.25, 0.3) is 0 Å². The van der Waals surface area contributed by atoms with Gasteiger partial charge in [-0.3, -0.25) is 0 Å². The van der Waals surface area contributed by atoms with Crippen molar-refractivity contribution in [2.24, 2.45) is 0 Å². The van der Waals surface area contributed by atoms with Crippen LogP contribution in [-0.2, 0) is 0 Å². The minimum Gasteiger partial charge on any atom is -0.388 e. The van der Waals surface area contributed by atoms with Crippen LogP contribution in [0.1, 0.15) is 57.1 Å². The summed E-state index contributed by atoms with van der Waals surface area (Å²) in [5, 5.41) is 9.95. The van der Waals surface area contributed by atoms with Crippen molar-refractivity contribution in [2.45, 2.75) is 51.6 Å². The lowest BCUT2D eigenvalue weighted by Crippen LogP contribution is -2.01. The van der Waals surface area contributed by atoms with Crippen LogP contribution in [0.3, 0.4) is 0 Å². The summed E-state index contributed by atoms with van der Waals surface area (Å²) in [4.78, 5) is 0. The van der Waals surface area contributed by atoms with E-state index in [2.05, 4.69) is 22.9 Å².